The average molecular weight is 166 g/mol. The molecule has 0 heterocycles. The summed E-state index contributed by atoms with van der Waals surface area (Å²) in [6.45, 7) is 7.92. The molecular weight excluding hydrogens is 144 g/mol. The minimum Gasteiger partial charge on any atom is -0.120 e. The summed E-state index contributed by atoms with van der Waals surface area (Å²) < 4.78 is 0. The molecule has 0 bridgehead atoms. The maximum atomic E-state index is 4.96. The number of unbranched alkanes of at least 4 members (excludes halogenated alkanes) is 4. The Morgan fingerprint density at radius 1 is 1.25 bits per heavy atom. The van der Waals surface area contributed by atoms with Crippen molar-refractivity contribution in [1.29, 1.82) is 0 Å². The fourth-order valence-electron chi connectivity index (χ4n) is 0.627. The van der Waals surface area contributed by atoms with Gasteiger partial charge in [0.15, 0.2) is 0 Å². The first-order valence-corrected chi connectivity index (χ1v) is 4.87. The zero-order valence-corrected chi connectivity index (χ0v) is 8.60. The number of hydrogen-bond donors (Lipinski definition) is 0. The highest BCUT2D eigenvalue weighted by atomic mass is 13.8. The van der Waals surface area contributed by atoms with Crippen molar-refractivity contribution in [3.05, 3.63) is 12.7 Å². The van der Waals surface area contributed by atoms with Crippen LogP contribution in [0.1, 0.15) is 52.4 Å². The molecule has 70 valence electrons. The zero-order valence-electron chi connectivity index (χ0n) is 8.60. The van der Waals surface area contributed by atoms with Gasteiger partial charge in [-0.3, -0.25) is 0 Å². The Kier molecular flexibility index (Phi) is 19.3. The van der Waals surface area contributed by atoms with Crippen LogP contribution in [0.3, 0.4) is 0 Å². The second-order valence-corrected chi connectivity index (χ2v) is 2.74. The average Bonchev–Trinajstić information content (AvgIpc) is 2.12. The Morgan fingerprint density at radius 3 is 2.00 bits per heavy atom. The topological polar surface area (TPSA) is 0 Å². The van der Waals surface area contributed by atoms with E-state index in [4.69, 9.17) is 6.42 Å². The van der Waals surface area contributed by atoms with Gasteiger partial charge < -0.3 is 0 Å². The molecule has 0 aromatic carbocycles. The summed E-state index contributed by atoms with van der Waals surface area (Å²) in [4.78, 5) is 0. The van der Waals surface area contributed by atoms with E-state index in [9.17, 15) is 0 Å². The van der Waals surface area contributed by atoms with Crippen molar-refractivity contribution in [2.75, 3.05) is 0 Å². The highest BCUT2D eigenvalue weighted by Gasteiger charge is 1.72. The van der Waals surface area contributed by atoms with E-state index in [1.807, 2.05) is 6.08 Å². The largest absolute Gasteiger partial charge is 0.120 e. The lowest BCUT2D eigenvalue weighted by Crippen LogP contribution is -1.62. The van der Waals surface area contributed by atoms with Crippen LogP contribution in [-0.2, 0) is 0 Å². The lowest BCUT2D eigenvalue weighted by Gasteiger charge is -1.81. The van der Waals surface area contributed by atoms with Gasteiger partial charge in [-0.1, -0.05) is 39.2 Å². The standard InChI is InChI=1S/C6H12.C6H10/c2*1-3-5-6-4-2/h3H,1,4-6H2,2H3;1H,4-6H2,2H3. The van der Waals surface area contributed by atoms with Crippen molar-refractivity contribution in [2.24, 2.45) is 0 Å². The SMILES string of the molecule is C#CCCCC.C=CCCCC. The summed E-state index contributed by atoms with van der Waals surface area (Å²) in [5, 5.41) is 0. The van der Waals surface area contributed by atoms with Crippen molar-refractivity contribution in [2.45, 2.75) is 52.4 Å². The van der Waals surface area contributed by atoms with E-state index >= 15 is 0 Å². The van der Waals surface area contributed by atoms with Crippen LogP contribution >= 0.6 is 0 Å². The van der Waals surface area contributed by atoms with Gasteiger partial charge in [0.2, 0.25) is 0 Å². The predicted molar refractivity (Wildman–Crippen MR) is 58.1 cm³/mol. The highest BCUT2D eigenvalue weighted by molar-refractivity contribution is 4.82. The molecular formula is C12H22. The van der Waals surface area contributed by atoms with Gasteiger partial charge in [-0.15, -0.1) is 18.9 Å². The third-order valence-electron chi connectivity index (χ3n) is 1.44. The van der Waals surface area contributed by atoms with Crippen LogP contribution in [0, 0.1) is 12.3 Å². The van der Waals surface area contributed by atoms with Crippen LogP contribution in [-0.4, -0.2) is 0 Å². The summed E-state index contributed by atoms with van der Waals surface area (Å²) in [6.07, 6.45) is 14.0. The van der Waals surface area contributed by atoms with Crippen LogP contribution in [0.4, 0.5) is 0 Å². The molecule has 0 unspecified atom stereocenters. The molecule has 0 aliphatic carbocycles. The van der Waals surface area contributed by atoms with Gasteiger partial charge in [-0.05, 0) is 12.8 Å². The first-order chi connectivity index (χ1) is 5.83. The molecule has 0 aromatic rings. The van der Waals surface area contributed by atoms with E-state index in [0.29, 0.717) is 0 Å². The molecule has 0 heteroatoms. The molecule has 0 N–H and O–H groups in total. The van der Waals surface area contributed by atoms with Crippen molar-refractivity contribution >= 4 is 0 Å². The molecule has 0 amide bonds. The first kappa shape index (κ1) is 13.9. The van der Waals surface area contributed by atoms with Crippen molar-refractivity contribution in [1.82, 2.24) is 0 Å². The van der Waals surface area contributed by atoms with Crippen molar-refractivity contribution in [3.8, 4) is 12.3 Å². The normalized spacial score (nSPS) is 7.75. The van der Waals surface area contributed by atoms with E-state index < -0.39 is 0 Å². The summed E-state index contributed by atoms with van der Waals surface area (Å²) in [5.74, 6) is 2.57. The maximum absolute atomic E-state index is 4.96. The quantitative estimate of drug-likeness (QED) is 0.326. The predicted octanol–water partition coefficient (Wildman–Crippen LogP) is 4.17. The summed E-state index contributed by atoms with van der Waals surface area (Å²) >= 11 is 0. The molecule has 0 saturated heterocycles. The minimum absolute atomic E-state index is 0.941. The molecule has 0 aromatic heterocycles. The van der Waals surface area contributed by atoms with Crippen LogP contribution in [0.15, 0.2) is 12.7 Å². The second-order valence-electron chi connectivity index (χ2n) is 2.74. The lowest BCUT2D eigenvalue weighted by atomic mass is 10.3. The fourth-order valence-corrected chi connectivity index (χ4v) is 0.627. The number of hydrogen-bond acceptors (Lipinski definition) is 0. The van der Waals surface area contributed by atoms with Crippen LogP contribution < -0.4 is 0 Å². The Labute approximate surface area is 78.1 Å². The fraction of sp³-hybridized carbons (Fsp3) is 0.667. The van der Waals surface area contributed by atoms with Crippen molar-refractivity contribution < 1.29 is 0 Å². The molecule has 0 aliphatic heterocycles. The van der Waals surface area contributed by atoms with E-state index in [1.54, 1.807) is 0 Å². The molecule has 0 atom stereocenters. The molecule has 0 aliphatic rings. The van der Waals surface area contributed by atoms with Gasteiger partial charge in [0, 0.05) is 6.42 Å². The van der Waals surface area contributed by atoms with E-state index in [0.717, 1.165) is 6.42 Å². The Balaban J connectivity index is 0. The van der Waals surface area contributed by atoms with Gasteiger partial charge in [0.25, 0.3) is 0 Å². The van der Waals surface area contributed by atoms with Crippen LogP contribution in [0.5, 0.6) is 0 Å². The Bertz CT molecular complexity index is 106. The van der Waals surface area contributed by atoms with Crippen molar-refractivity contribution in [3.63, 3.8) is 0 Å². The number of rotatable bonds is 5. The van der Waals surface area contributed by atoms with Crippen LogP contribution in [0.2, 0.25) is 0 Å². The van der Waals surface area contributed by atoms with Crippen LogP contribution in [0.25, 0.3) is 0 Å². The third-order valence-corrected chi connectivity index (χ3v) is 1.44. The van der Waals surface area contributed by atoms with Gasteiger partial charge >= 0.3 is 0 Å². The Morgan fingerprint density at radius 2 is 1.83 bits per heavy atom. The molecule has 0 nitrogen and oxygen atoms in total. The minimum atomic E-state index is 0.941. The molecule has 12 heavy (non-hydrogen) atoms. The smallest absolute Gasteiger partial charge is 0.00859 e. The van der Waals surface area contributed by atoms with E-state index in [-0.39, 0.29) is 0 Å². The first-order valence-electron chi connectivity index (χ1n) is 4.87. The zero-order chi connectivity index (χ0) is 9.66. The van der Waals surface area contributed by atoms with E-state index in [2.05, 4.69) is 26.3 Å². The molecule has 0 fully saturated rings. The maximum Gasteiger partial charge on any atom is 0.00859 e. The highest BCUT2D eigenvalue weighted by Crippen LogP contribution is 1.91. The monoisotopic (exact) mass is 166 g/mol. The summed E-state index contributed by atoms with van der Waals surface area (Å²) in [5.41, 5.74) is 0. The summed E-state index contributed by atoms with van der Waals surface area (Å²) in [6, 6.07) is 0. The van der Waals surface area contributed by atoms with Gasteiger partial charge in [-0.25, -0.2) is 0 Å². The Hall–Kier alpha value is -0.700. The van der Waals surface area contributed by atoms with E-state index in [1.165, 1.54) is 32.1 Å². The van der Waals surface area contributed by atoms with Gasteiger partial charge in [0.1, 0.15) is 0 Å². The summed E-state index contributed by atoms with van der Waals surface area (Å²) in [7, 11) is 0. The molecule has 0 rings (SSSR count). The third kappa shape index (κ3) is 22.8. The van der Waals surface area contributed by atoms with Gasteiger partial charge in [0.05, 0.1) is 0 Å². The molecule has 0 saturated carbocycles. The molecule has 0 spiro atoms. The number of terminal acetylenes is 1. The second kappa shape index (κ2) is 16.7. The van der Waals surface area contributed by atoms with Gasteiger partial charge in [-0.2, -0.15) is 0 Å². The molecule has 0 radical (unpaired) electrons. The number of allylic oxidation sites excluding steroid dienone is 1. The lowest BCUT2D eigenvalue weighted by molar-refractivity contribution is 0.816.